The average molecular weight is 410 g/mol. The van der Waals surface area contributed by atoms with Crippen LogP contribution in [-0.2, 0) is 0 Å². The van der Waals surface area contributed by atoms with Crippen LogP contribution >= 0.6 is 0 Å². The summed E-state index contributed by atoms with van der Waals surface area (Å²) in [6.45, 7) is 0. The van der Waals surface area contributed by atoms with E-state index >= 15 is 0 Å². The van der Waals surface area contributed by atoms with Crippen LogP contribution in [-0.4, -0.2) is 38.7 Å². The predicted molar refractivity (Wildman–Crippen MR) is 90.6 cm³/mol. The Kier molecular flexibility index (Phi) is 4.96. The van der Waals surface area contributed by atoms with E-state index in [2.05, 4.69) is 10.3 Å². The number of nitrogens with zero attached hydrogens (tertiary/aromatic N) is 2. The first-order valence-electron chi connectivity index (χ1n) is 8.11. The van der Waals surface area contributed by atoms with Crippen molar-refractivity contribution in [2.45, 2.75) is 17.9 Å². The monoisotopic (exact) mass is 410 g/mol. The number of aliphatic hydroxyl groups is 1. The first kappa shape index (κ1) is 20.2. The van der Waals surface area contributed by atoms with Crippen molar-refractivity contribution in [1.82, 2.24) is 15.6 Å². The van der Waals surface area contributed by atoms with E-state index in [1.54, 1.807) is 0 Å². The highest BCUT2D eigenvalue weighted by Crippen LogP contribution is 2.44. The fourth-order valence-electron chi connectivity index (χ4n) is 3.14. The summed E-state index contributed by atoms with van der Waals surface area (Å²) in [7, 11) is 0. The number of hydrogen-bond donors (Lipinski definition) is 3. The summed E-state index contributed by atoms with van der Waals surface area (Å²) in [5.74, 6) is -3.45. The molecule has 12 heteroatoms. The lowest BCUT2D eigenvalue weighted by Gasteiger charge is -2.45. The molecule has 9 nitrogen and oxygen atoms in total. The zero-order chi connectivity index (χ0) is 21.4. The van der Waals surface area contributed by atoms with Gasteiger partial charge in [0.2, 0.25) is 5.72 Å². The number of carbonyl (C=O) groups excluding carboxylic acids is 2. The number of nitrogens with one attached hydrogen (secondary N) is 2. The third kappa shape index (κ3) is 3.61. The molecule has 1 aliphatic heterocycles. The summed E-state index contributed by atoms with van der Waals surface area (Å²) in [5, 5.41) is 25.0. The number of amides is 2. The number of carbonyl (C=O) groups is 2. The van der Waals surface area contributed by atoms with Gasteiger partial charge < -0.3 is 15.7 Å². The summed E-state index contributed by atoms with van der Waals surface area (Å²) in [5.41, 5.74) is -4.77. The standard InChI is InChI=1S/C17H13F3N4O5/c18-17(19,20)16(27)12(14(25)10-4-2-6-21-8-10)13(22-15(26)23-16)9-3-1-5-11(7-9)24(28)29/h1-8,12-13,27H,(H2,22,23,26)/t12-,13-,16-/m1/s1. The maximum absolute atomic E-state index is 13.8. The van der Waals surface area contributed by atoms with Gasteiger partial charge >= 0.3 is 12.2 Å². The molecule has 3 N–H and O–H groups in total. The molecule has 0 unspecified atom stereocenters. The lowest BCUT2D eigenvalue weighted by molar-refractivity contribution is -0.385. The van der Waals surface area contributed by atoms with E-state index in [-0.39, 0.29) is 11.1 Å². The second-order valence-electron chi connectivity index (χ2n) is 6.28. The number of non-ortho nitro benzene ring substituents is 1. The highest BCUT2D eigenvalue weighted by atomic mass is 19.4. The van der Waals surface area contributed by atoms with Crippen molar-refractivity contribution in [1.29, 1.82) is 0 Å². The third-order valence-corrected chi connectivity index (χ3v) is 4.47. The number of hydrogen-bond acceptors (Lipinski definition) is 6. The van der Waals surface area contributed by atoms with Gasteiger partial charge in [-0.1, -0.05) is 12.1 Å². The van der Waals surface area contributed by atoms with Gasteiger partial charge in [0, 0.05) is 30.1 Å². The Morgan fingerprint density at radius 2 is 2.00 bits per heavy atom. The fraction of sp³-hybridized carbons (Fsp3) is 0.235. The number of rotatable bonds is 4. The van der Waals surface area contributed by atoms with E-state index in [9.17, 15) is 38.0 Å². The van der Waals surface area contributed by atoms with Crippen molar-refractivity contribution < 1.29 is 32.8 Å². The Morgan fingerprint density at radius 1 is 1.28 bits per heavy atom. The summed E-state index contributed by atoms with van der Waals surface area (Å²) in [6, 6.07) is 3.85. The summed E-state index contributed by atoms with van der Waals surface area (Å²) < 4.78 is 41.3. The molecule has 1 saturated heterocycles. The molecule has 0 saturated carbocycles. The number of aromatic nitrogens is 1. The minimum absolute atomic E-state index is 0.154. The minimum Gasteiger partial charge on any atom is -0.363 e. The fourth-order valence-corrected chi connectivity index (χ4v) is 3.14. The number of benzene rings is 1. The molecule has 152 valence electrons. The molecule has 2 amide bonds. The van der Waals surface area contributed by atoms with E-state index < -0.39 is 46.3 Å². The lowest BCUT2D eigenvalue weighted by atomic mass is 9.77. The molecule has 0 radical (unpaired) electrons. The van der Waals surface area contributed by atoms with Crippen LogP contribution in [0.4, 0.5) is 23.7 Å². The normalized spacial score (nSPS) is 24.3. The second-order valence-corrected chi connectivity index (χ2v) is 6.28. The maximum Gasteiger partial charge on any atom is 0.437 e. The number of ketones is 1. The van der Waals surface area contributed by atoms with Gasteiger partial charge in [-0.25, -0.2) is 4.79 Å². The zero-order valence-electron chi connectivity index (χ0n) is 14.4. The molecule has 2 aromatic rings. The van der Waals surface area contributed by atoms with Gasteiger partial charge in [-0.15, -0.1) is 0 Å². The van der Waals surface area contributed by atoms with Crippen molar-refractivity contribution in [3.8, 4) is 0 Å². The van der Waals surface area contributed by atoms with Crippen LogP contribution in [0.2, 0.25) is 0 Å². The van der Waals surface area contributed by atoms with Crippen molar-refractivity contribution in [2.75, 3.05) is 0 Å². The molecule has 0 spiro atoms. The number of pyridine rings is 1. The largest absolute Gasteiger partial charge is 0.437 e. The van der Waals surface area contributed by atoms with Crippen molar-refractivity contribution in [3.63, 3.8) is 0 Å². The van der Waals surface area contributed by atoms with Gasteiger partial charge in [0.25, 0.3) is 5.69 Å². The Morgan fingerprint density at radius 3 is 2.59 bits per heavy atom. The lowest BCUT2D eigenvalue weighted by Crippen LogP contribution is -2.72. The van der Waals surface area contributed by atoms with Crippen LogP contribution in [0.15, 0.2) is 48.8 Å². The van der Waals surface area contributed by atoms with Gasteiger partial charge in [0.05, 0.1) is 11.0 Å². The van der Waals surface area contributed by atoms with Gasteiger partial charge in [0.1, 0.15) is 5.92 Å². The quantitative estimate of drug-likeness (QED) is 0.401. The first-order valence-corrected chi connectivity index (χ1v) is 8.11. The SMILES string of the molecule is O=C1N[C@H](c2cccc([N+](=O)[O-])c2)[C@H](C(=O)c2cccnc2)[C@@](O)(C(F)(F)F)N1. The smallest absolute Gasteiger partial charge is 0.363 e. The molecule has 29 heavy (non-hydrogen) atoms. The number of nitro benzene ring substituents is 1. The molecule has 3 rings (SSSR count). The molecule has 1 aliphatic rings. The summed E-state index contributed by atoms with van der Waals surface area (Å²) in [6.07, 6.45) is -3.11. The Labute approximate surface area is 160 Å². The van der Waals surface area contributed by atoms with Crippen LogP contribution in [0.5, 0.6) is 0 Å². The van der Waals surface area contributed by atoms with E-state index in [1.165, 1.54) is 35.8 Å². The molecular formula is C17H13F3N4O5. The molecule has 1 aromatic heterocycles. The topological polar surface area (TPSA) is 134 Å². The average Bonchev–Trinajstić information content (AvgIpc) is 2.67. The van der Waals surface area contributed by atoms with E-state index in [0.29, 0.717) is 0 Å². The molecule has 3 atom stereocenters. The number of nitro groups is 1. The molecule has 1 fully saturated rings. The second kappa shape index (κ2) is 7.13. The first-order chi connectivity index (χ1) is 13.5. The van der Waals surface area contributed by atoms with Crippen molar-refractivity contribution in [2.24, 2.45) is 5.92 Å². The van der Waals surface area contributed by atoms with E-state index in [0.717, 1.165) is 18.3 Å². The molecule has 2 heterocycles. The highest BCUT2D eigenvalue weighted by Gasteiger charge is 2.66. The summed E-state index contributed by atoms with van der Waals surface area (Å²) >= 11 is 0. The maximum atomic E-state index is 13.8. The predicted octanol–water partition coefficient (Wildman–Crippen LogP) is 2.09. The van der Waals surface area contributed by atoms with E-state index in [4.69, 9.17) is 0 Å². The number of alkyl halides is 3. The summed E-state index contributed by atoms with van der Waals surface area (Å²) in [4.78, 5) is 38.8. The van der Waals surface area contributed by atoms with Gasteiger partial charge in [0.15, 0.2) is 5.78 Å². The van der Waals surface area contributed by atoms with Crippen LogP contribution in [0.25, 0.3) is 0 Å². The van der Waals surface area contributed by atoms with Crippen molar-refractivity contribution in [3.05, 3.63) is 70.0 Å². The van der Waals surface area contributed by atoms with Crippen molar-refractivity contribution >= 4 is 17.5 Å². The van der Waals surface area contributed by atoms with Crippen LogP contribution in [0, 0.1) is 16.0 Å². The molecular weight excluding hydrogens is 397 g/mol. The molecule has 0 aliphatic carbocycles. The molecule has 0 bridgehead atoms. The Balaban J connectivity index is 2.18. The third-order valence-electron chi connectivity index (χ3n) is 4.47. The number of Topliss-reactive ketones (excluding diaryl/α,β-unsaturated/α-hetero) is 1. The van der Waals surface area contributed by atoms with E-state index in [1.807, 2.05) is 0 Å². The van der Waals surface area contributed by atoms with Gasteiger partial charge in [-0.2, -0.15) is 13.2 Å². The van der Waals surface area contributed by atoms with Gasteiger partial charge in [-0.3, -0.25) is 19.9 Å². The highest BCUT2D eigenvalue weighted by molar-refractivity contribution is 6.00. The van der Waals surface area contributed by atoms with Crippen LogP contribution < -0.4 is 10.6 Å². The molecule has 1 aromatic carbocycles. The number of urea groups is 1. The van der Waals surface area contributed by atoms with Crippen LogP contribution in [0.1, 0.15) is 22.0 Å². The Hall–Kier alpha value is -3.54. The van der Waals surface area contributed by atoms with Gasteiger partial charge in [-0.05, 0) is 17.7 Å². The minimum atomic E-state index is -5.42. The zero-order valence-corrected chi connectivity index (χ0v) is 14.4. The van der Waals surface area contributed by atoms with Crippen LogP contribution in [0.3, 0.4) is 0 Å². The number of halogens is 3. The Bertz CT molecular complexity index is 969.